The summed E-state index contributed by atoms with van der Waals surface area (Å²) < 4.78 is 17.2. The molecule has 61 heavy (non-hydrogen) atoms. The van der Waals surface area contributed by atoms with Crippen LogP contribution in [-0.4, -0.2) is 75.5 Å². The van der Waals surface area contributed by atoms with Crippen LogP contribution in [0.25, 0.3) is 0 Å². The second kappa shape index (κ2) is 43.4. The molecule has 0 saturated carbocycles. The Morgan fingerprint density at radius 2 is 0.918 bits per heavy atom. The van der Waals surface area contributed by atoms with Crippen molar-refractivity contribution in [2.24, 2.45) is 0 Å². The molecule has 2 unspecified atom stereocenters. The first-order valence-electron chi connectivity index (χ1n) is 24.5. The molecule has 8 nitrogen and oxygen atoms in total. The van der Waals surface area contributed by atoms with Gasteiger partial charge in [-0.3, -0.25) is 9.59 Å². The number of allylic oxidation sites excluding steroid dienone is 12. The second-order valence-electron chi connectivity index (χ2n) is 17.3. The van der Waals surface area contributed by atoms with Crippen LogP contribution >= 0.6 is 0 Å². The van der Waals surface area contributed by atoms with Crippen molar-refractivity contribution < 1.29 is 38.2 Å². The molecular formula is C53H91NO7. The molecule has 0 bridgehead atoms. The maximum atomic E-state index is 12.7. The fourth-order valence-electron chi connectivity index (χ4n) is 6.85. The van der Waals surface area contributed by atoms with E-state index in [0.717, 1.165) is 64.2 Å². The molecular weight excluding hydrogens is 763 g/mol. The number of hydrogen-bond donors (Lipinski definition) is 0. The predicted octanol–water partition coefficient (Wildman–Crippen LogP) is 12.6. The van der Waals surface area contributed by atoms with E-state index in [2.05, 4.69) is 86.8 Å². The summed E-state index contributed by atoms with van der Waals surface area (Å²) >= 11 is 0. The Bertz CT molecular complexity index is 1230. The van der Waals surface area contributed by atoms with E-state index in [1.807, 2.05) is 0 Å². The van der Waals surface area contributed by atoms with Gasteiger partial charge in [-0.15, -0.1) is 0 Å². The number of unbranched alkanes of at least 4 members (excludes halogenated alkanes) is 17. The number of nitrogens with zero attached hydrogens (tertiary/aromatic N) is 1. The summed E-state index contributed by atoms with van der Waals surface area (Å²) in [4.78, 5) is 37.0. The average molecular weight is 854 g/mol. The van der Waals surface area contributed by atoms with E-state index >= 15 is 0 Å². The third-order valence-electron chi connectivity index (χ3n) is 10.6. The number of quaternary nitrogens is 1. The van der Waals surface area contributed by atoms with E-state index in [0.29, 0.717) is 12.8 Å². The lowest BCUT2D eigenvalue weighted by Crippen LogP contribution is -2.55. The maximum Gasteiger partial charge on any atom is 0.306 e. The average Bonchev–Trinajstić information content (AvgIpc) is 3.22. The Hall–Kier alpha value is -3.23. The molecule has 0 fully saturated rings. The van der Waals surface area contributed by atoms with Crippen molar-refractivity contribution in [1.29, 1.82) is 0 Å². The van der Waals surface area contributed by atoms with Crippen molar-refractivity contribution in [3.05, 3.63) is 72.9 Å². The first kappa shape index (κ1) is 57.8. The van der Waals surface area contributed by atoms with E-state index < -0.39 is 18.1 Å². The molecule has 0 rings (SSSR count). The summed E-state index contributed by atoms with van der Waals surface area (Å²) in [6, 6.07) is -0.739. The molecule has 0 amide bonds. The third kappa shape index (κ3) is 41.9. The Labute approximate surface area is 374 Å². The Kier molecular flexibility index (Phi) is 41.1. The minimum atomic E-state index is -1.13. The number of carbonyl (C=O) groups excluding carboxylic acids is 3. The number of carboxylic acids is 1. The largest absolute Gasteiger partial charge is 0.544 e. The van der Waals surface area contributed by atoms with Crippen LogP contribution in [0.15, 0.2) is 72.9 Å². The summed E-state index contributed by atoms with van der Waals surface area (Å²) in [5, 5.41) is 11.6. The van der Waals surface area contributed by atoms with Crippen LogP contribution < -0.4 is 5.11 Å². The topological polar surface area (TPSA) is 102 Å². The van der Waals surface area contributed by atoms with Gasteiger partial charge in [0.15, 0.2) is 6.10 Å². The van der Waals surface area contributed by atoms with Crippen molar-refractivity contribution in [2.75, 3.05) is 41.0 Å². The van der Waals surface area contributed by atoms with Crippen LogP contribution in [-0.2, 0) is 28.6 Å². The minimum Gasteiger partial charge on any atom is -0.544 e. The molecule has 0 N–H and O–H groups in total. The van der Waals surface area contributed by atoms with Crippen LogP contribution in [0.2, 0.25) is 0 Å². The SMILES string of the molecule is CC/C=C/C/C=C/C/C=C/C/C=C/C/C=C/C/C=C/CCCC(=O)OC(COCCC(C(=O)[O-])[N+](C)(C)C)COC(=O)CCCCCCCCCCCCCCCCCCC. The predicted molar refractivity (Wildman–Crippen MR) is 254 cm³/mol. The fourth-order valence-corrected chi connectivity index (χ4v) is 6.85. The van der Waals surface area contributed by atoms with Crippen molar-refractivity contribution in [3.8, 4) is 0 Å². The zero-order chi connectivity index (χ0) is 44.9. The van der Waals surface area contributed by atoms with Gasteiger partial charge in [0.05, 0.1) is 40.3 Å². The van der Waals surface area contributed by atoms with E-state index in [-0.39, 0.29) is 49.1 Å². The number of ether oxygens (including phenoxy) is 3. The van der Waals surface area contributed by atoms with Crippen molar-refractivity contribution in [2.45, 2.75) is 206 Å². The number of likely N-dealkylation sites (N-methyl/N-ethyl adjacent to an activating group) is 1. The van der Waals surface area contributed by atoms with Gasteiger partial charge in [-0.1, -0.05) is 189 Å². The number of hydrogen-bond acceptors (Lipinski definition) is 7. The summed E-state index contributed by atoms with van der Waals surface area (Å²) in [5.41, 5.74) is 0. The van der Waals surface area contributed by atoms with Gasteiger partial charge in [0.25, 0.3) is 0 Å². The minimum absolute atomic E-state index is 0.0161. The Balaban J connectivity index is 4.39. The summed E-state index contributed by atoms with van der Waals surface area (Å²) in [6.45, 7) is 4.50. The quantitative estimate of drug-likeness (QED) is 0.0260. The highest BCUT2D eigenvalue weighted by atomic mass is 16.6. The van der Waals surface area contributed by atoms with Crippen molar-refractivity contribution >= 4 is 17.9 Å². The molecule has 0 aliphatic heterocycles. The molecule has 0 aromatic heterocycles. The fraction of sp³-hybridized carbons (Fsp3) is 0.717. The summed E-state index contributed by atoms with van der Waals surface area (Å²) in [6.07, 6.45) is 55.1. The molecule has 0 aromatic rings. The zero-order valence-electron chi connectivity index (χ0n) is 39.8. The number of carboxylic acid groups (broad SMARTS) is 1. The van der Waals surface area contributed by atoms with Gasteiger partial charge in [0.1, 0.15) is 12.6 Å². The monoisotopic (exact) mass is 854 g/mol. The van der Waals surface area contributed by atoms with Crippen molar-refractivity contribution in [1.82, 2.24) is 0 Å². The second-order valence-corrected chi connectivity index (χ2v) is 17.3. The highest BCUT2D eigenvalue weighted by molar-refractivity contribution is 5.70. The van der Waals surface area contributed by atoms with E-state index in [1.54, 1.807) is 21.1 Å². The van der Waals surface area contributed by atoms with Crippen LogP contribution in [0.1, 0.15) is 194 Å². The molecule has 0 aromatic carbocycles. The standard InChI is InChI=1S/C53H91NO7/c1-6-8-10-12-14-16-18-20-22-24-25-26-28-30-32-34-36-38-40-42-44-52(56)61-49(47-59-46-45-50(53(57)58)54(3,4)5)48-60-51(55)43-41-39-37-35-33-31-29-27-23-21-19-17-15-13-11-9-7-2/h8,10,14,16,20,22,25-26,30,32,36,38,49-50H,6-7,9,11-13,15,17-19,21,23-24,27-29,31,33-35,37,39-48H2,1-5H3/b10-8+,16-14+,22-20+,26-25+,32-30+,38-36+. The molecule has 0 radical (unpaired) electrons. The van der Waals surface area contributed by atoms with E-state index in [1.165, 1.54) is 89.9 Å². The summed E-state index contributed by atoms with van der Waals surface area (Å²) in [7, 11) is 5.39. The van der Waals surface area contributed by atoms with E-state index in [9.17, 15) is 19.5 Å². The van der Waals surface area contributed by atoms with E-state index in [4.69, 9.17) is 14.2 Å². The van der Waals surface area contributed by atoms with Gasteiger partial charge < -0.3 is 28.6 Å². The lowest BCUT2D eigenvalue weighted by molar-refractivity contribution is -0.889. The highest BCUT2D eigenvalue weighted by Gasteiger charge is 2.25. The smallest absolute Gasteiger partial charge is 0.306 e. The van der Waals surface area contributed by atoms with Gasteiger partial charge >= 0.3 is 11.9 Å². The molecule has 2 atom stereocenters. The van der Waals surface area contributed by atoms with Gasteiger partial charge in [-0.05, 0) is 57.8 Å². The first-order chi connectivity index (χ1) is 29.6. The maximum absolute atomic E-state index is 12.7. The van der Waals surface area contributed by atoms with Crippen LogP contribution in [0, 0.1) is 0 Å². The molecule has 0 aliphatic carbocycles. The number of carbonyl (C=O) groups is 3. The number of rotatable bonds is 43. The van der Waals surface area contributed by atoms with Crippen molar-refractivity contribution in [3.63, 3.8) is 0 Å². The zero-order valence-corrected chi connectivity index (χ0v) is 39.8. The van der Waals surface area contributed by atoms with Gasteiger partial charge in [0, 0.05) is 19.3 Å². The molecule has 0 aliphatic rings. The van der Waals surface area contributed by atoms with Crippen LogP contribution in [0.3, 0.4) is 0 Å². The van der Waals surface area contributed by atoms with Crippen LogP contribution in [0.4, 0.5) is 0 Å². The van der Waals surface area contributed by atoms with Gasteiger partial charge in [0.2, 0.25) is 0 Å². The Morgan fingerprint density at radius 1 is 0.508 bits per heavy atom. The molecule has 8 heteroatoms. The molecule has 0 spiro atoms. The van der Waals surface area contributed by atoms with Gasteiger partial charge in [-0.2, -0.15) is 0 Å². The van der Waals surface area contributed by atoms with Gasteiger partial charge in [-0.25, -0.2) is 0 Å². The highest BCUT2D eigenvalue weighted by Crippen LogP contribution is 2.15. The molecule has 0 saturated heterocycles. The number of esters is 2. The summed E-state index contributed by atoms with van der Waals surface area (Å²) in [5.74, 6) is -1.81. The Morgan fingerprint density at radius 3 is 1.34 bits per heavy atom. The molecule has 0 heterocycles. The van der Waals surface area contributed by atoms with Crippen LogP contribution in [0.5, 0.6) is 0 Å². The number of aliphatic carboxylic acids is 1. The molecule has 350 valence electrons. The normalized spacial score (nSPS) is 13.5. The lowest BCUT2D eigenvalue weighted by Gasteiger charge is -2.34. The first-order valence-corrected chi connectivity index (χ1v) is 24.5. The third-order valence-corrected chi connectivity index (χ3v) is 10.6. The lowest BCUT2D eigenvalue weighted by atomic mass is 10.0.